The lowest BCUT2D eigenvalue weighted by Crippen LogP contribution is -2.14. The molecule has 0 saturated heterocycles. The van der Waals surface area contributed by atoms with E-state index in [1.54, 1.807) is 0 Å². The van der Waals surface area contributed by atoms with Gasteiger partial charge in [-0.25, -0.2) is 9.37 Å². The summed E-state index contributed by atoms with van der Waals surface area (Å²) in [6, 6.07) is 4.99. The number of carbonyl (C=O) groups is 1. The minimum atomic E-state index is -0.836. The lowest BCUT2D eigenvalue weighted by Gasteiger charge is -2.08. The Labute approximate surface area is 127 Å². The fourth-order valence-electron chi connectivity index (χ4n) is 1.49. The van der Waals surface area contributed by atoms with Gasteiger partial charge in [-0.05, 0) is 12.1 Å². The summed E-state index contributed by atoms with van der Waals surface area (Å²) in [6.45, 7) is 0. The summed E-state index contributed by atoms with van der Waals surface area (Å²) in [5.74, 6) is -1.65. The highest BCUT2D eigenvalue weighted by molar-refractivity contribution is 6.33. The van der Waals surface area contributed by atoms with Crippen molar-refractivity contribution in [3.05, 3.63) is 62.1 Å². The molecule has 0 aliphatic carbocycles. The molecule has 0 unspecified atom stereocenters. The third-order valence-electron chi connectivity index (χ3n) is 2.48. The number of benzene rings is 1. The predicted octanol–water partition coefficient (Wildman–Crippen LogP) is 3.69. The number of hydrogen-bond donors (Lipinski definition) is 1. The molecule has 21 heavy (non-hydrogen) atoms. The molecule has 0 aliphatic rings. The molecule has 1 aromatic heterocycles. The molecule has 0 atom stereocenters. The highest BCUT2D eigenvalue weighted by Crippen LogP contribution is 2.24. The predicted molar refractivity (Wildman–Crippen MR) is 75.3 cm³/mol. The molecular formula is C12H6Cl2FN3O3. The van der Waals surface area contributed by atoms with Crippen LogP contribution in [0.15, 0.2) is 30.5 Å². The van der Waals surface area contributed by atoms with Crippen LogP contribution in [0.1, 0.15) is 10.4 Å². The van der Waals surface area contributed by atoms with Gasteiger partial charge in [0.25, 0.3) is 11.6 Å². The molecule has 1 heterocycles. The topological polar surface area (TPSA) is 85.1 Å². The van der Waals surface area contributed by atoms with Gasteiger partial charge in [0.15, 0.2) is 5.82 Å². The first-order chi connectivity index (χ1) is 9.90. The Morgan fingerprint density at radius 3 is 2.76 bits per heavy atom. The number of amides is 1. The SMILES string of the molecule is O=C(Nc1cccc(Cl)c1F)c1cc([N+](=O)[O-])cnc1Cl. The number of rotatable bonds is 3. The molecule has 1 amide bonds. The summed E-state index contributed by atoms with van der Waals surface area (Å²) >= 11 is 11.3. The molecule has 1 aromatic carbocycles. The molecule has 1 N–H and O–H groups in total. The van der Waals surface area contributed by atoms with Gasteiger partial charge in [0, 0.05) is 6.07 Å². The Morgan fingerprint density at radius 1 is 1.38 bits per heavy atom. The van der Waals surface area contributed by atoms with Crippen LogP contribution in [0, 0.1) is 15.9 Å². The van der Waals surface area contributed by atoms with Crippen molar-refractivity contribution in [1.29, 1.82) is 0 Å². The lowest BCUT2D eigenvalue weighted by atomic mass is 10.2. The zero-order valence-electron chi connectivity index (χ0n) is 10.1. The summed E-state index contributed by atoms with van der Waals surface area (Å²) in [6.07, 6.45) is 0.916. The van der Waals surface area contributed by atoms with Crippen molar-refractivity contribution >= 4 is 40.5 Å². The molecule has 108 valence electrons. The minimum absolute atomic E-state index is 0.170. The second-order valence-corrected chi connectivity index (χ2v) is 4.61. The number of nitrogens with zero attached hydrogens (tertiary/aromatic N) is 2. The van der Waals surface area contributed by atoms with Gasteiger partial charge in [0.2, 0.25) is 0 Å². The normalized spacial score (nSPS) is 10.2. The van der Waals surface area contributed by atoms with Crippen molar-refractivity contribution < 1.29 is 14.1 Å². The number of nitro groups is 1. The van der Waals surface area contributed by atoms with Crippen molar-refractivity contribution in [2.24, 2.45) is 0 Å². The van der Waals surface area contributed by atoms with E-state index in [1.165, 1.54) is 18.2 Å². The van der Waals surface area contributed by atoms with Gasteiger partial charge < -0.3 is 5.32 Å². The number of hydrogen-bond acceptors (Lipinski definition) is 4. The van der Waals surface area contributed by atoms with E-state index in [4.69, 9.17) is 23.2 Å². The molecule has 0 radical (unpaired) electrons. The van der Waals surface area contributed by atoms with E-state index >= 15 is 0 Å². The van der Waals surface area contributed by atoms with Crippen molar-refractivity contribution in [1.82, 2.24) is 4.98 Å². The first kappa shape index (κ1) is 15.1. The average Bonchev–Trinajstić information content (AvgIpc) is 2.44. The maximum atomic E-state index is 13.7. The van der Waals surface area contributed by atoms with Crippen LogP contribution in [0.4, 0.5) is 15.8 Å². The molecule has 0 spiro atoms. The Kier molecular flexibility index (Phi) is 4.35. The van der Waals surface area contributed by atoms with Gasteiger partial charge in [-0.3, -0.25) is 14.9 Å². The van der Waals surface area contributed by atoms with E-state index < -0.39 is 22.3 Å². The fraction of sp³-hybridized carbons (Fsp3) is 0. The fourth-order valence-corrected chi connectivity index (χ4v) is 1.85. The van der Waals surface area contributed by atoms with Crippen LogP contribution in [0.3, 0.4) is 0 Å². The van der Waals surface area contributed by atoms with E-state index in [-0.39, 0.29) is 21.4 Å². The zero-order chi connectivity index (χ0) is 15.6. The van der Waals surface area contributed by atoms with Crippen molar-refractivity contribution in [3.8, 4) is 0 Å². The van der Waals surface area contributed by atoms with E-state index in [0.717, 1.165) is 12.3 Å². The van der Waals surface area contributed by atoms with Gasteiger partial charge in [0.05, 0.1) is 21.2 Å². The summed E-state index contributed by atoms with van der Waals surface area (Å²) in [5.41, 5.74) is -0.823. The van der Waals surface area contributed by atoms with Crippen LogP contribution in [-0.4, -0.2) is 15.8 Å². The molecular weight excluding hydrogens is 324 g/mol. The van der Waals surface area contributed by atoms with E-state index in [1.807, 2.05) is 0 Å². The number of anilines is 1. The maximum Gasteiger partial charge on any atom is 0.288 e. The maximum absolute atomic E-state index is 13.7. The van der Waals surface area contributed by atoms with Gasteiger partial charge in [-0.1, -0.05) is 29.3 Å². The smallest absolute Gasteiger partial charge is 0.288 e. The van der Waals surface area contributed by atoms with Crippen LogP contribution in [0.25, 0.3) is 0 Å². The molecule has 0 saturated carbocycles. The standard InChI is InChI=1S/C12H6Cl2FN3O3/c13-8-2-1-3-9(10(8)15)17-12(19)7-4-6(18(20)21)5-16-11(7)14/h1-5H,(H,17,19). The Bertz CT molecular complexity index is 740. The van der Waals surface area contributed by atoms with E-state index in [9.17, 15) is 19.3 Å². The summed E-state index contributed by atoms with van der Waals surface area (Å²) < 4.78 is 13.7. The molecule has 6 nitrogen and oxygen atoms in total. The first-order valence-corrected chi connectivity index (χ1v) is 6.21. The third-order valence-corrected chi connectivity index (χ3v) is 3.07. The zero-order valence-corrected chi connectivity index (χ0v) is 11.7. The van der Waals surface area contributed by atoms with Gasteiger partial charge in [-0.15, -0.1) is 0 Å². The third kappa shape index (κ3) is 3.26. The number of halogens is 3. The summed E-state index contributed by atoms with van der Waals surface area (Å²) in [5, 5.41) is 12.5. The van der Waals surface area contributed by atoms with Crippen molar-refractivity contribution in [2.45, 2.75) is 0 Å². The molecule has 9 heteroatoms. The lowest BCUT2D eigenvalue weighted by molar-refractivity contribution is -0.385. The highest BCUT2D eigenvalue weighted by atomic mass is 35.5. The molecule has 0 bridgehead atoms. The van der Waals surface area contributed by atoms with Crippen molar-refractivity contribution in [3.63, 3.8) is 0 Å². The second-order valence-electron chi connectivity index (χ2n) is 3.84. The number of pyridine rings is 1. The Morgan fingerprint density at radius 2 is 2.10 bits per heavy atom. The second kappa shape index (κ2) is 6.02. The highest BCUT2D eigenvalue weighted by Gasteiger charge is 2.18. The quantitative estimate of drug-likeness (QED) is 0.528. The van der Waals surface area contributed by atoms with Crippen LogP contribution in [-0.2, 0) is 0 Å². The monoisotopic (exact) mass is 329 g/mol. The van der Waals surface area contributed by atoms with Crippen molar-refractivity contribution in [2.75, 3.05) is 5.32 Å². The van der Waals surface area contributed by atoms with Crippen LogP contribution in [0.5, 0.6) is 0 Å². The van der Waals surface area contributed by atoms with Gasteiger partial charge in [-0.2, -0.15) is 0 Å². The van der Waals surface area contributed by atoms with Crippen LogP contribution >= 0.6 is 23.2 Å². The Hall–Kier alpha value is -2.25. The number of carbonyl (C=O) groups excluding carboxylic acids is 1. The number of nitrogens with one attached hydrogen (secondary N) is 1. The average molecular weight is 330 g/mol. The van der Waals surface area contributed by atoms with E-state index in [2.05, 4.69) is 10.3 Å². The van der Waals surface area contributed by atoms with E-state index in [0.29, 0.717) is 0 Å². The van der Waals surface area contributed by atoms with Crippen LogP contribution < -0.4 is 5.32 Å². The summed E-state index contributed by atoms with van der Waals surface area (Å²) in [4.78, 5) is 25.5. The van der Waals surface area contributed by atoms with Crippen LogP contribution in [0.2, 0.25) is 10.2 Å². The largest absolute Gasteiger partial charge is 0.319 e. The van der Waals surface area contributed by atoms with Gasteiger partial charge in [0.1, 0.15) is 11.3 Å². The summed E-state index contributed by atoms with van der Waals surface area (Å²) in [7, 11) is 0. The molecule has 2 aromatic rings. The number of aromatic nitrogens is 1. The minimum Gasteiger partial charge on any atom is -0.319 e. The van der Waals surface area contributed by atoms with Gasteiger partial charge >= 0.3 is 0 Å². The molecule has 0 fully saturated rings. The molecule has 0 aliphatic heterocycles. The molecule has 2 rings (SSSR count). The first-order valence-electron chi connectivity index (χ1n) is 5.45. The Balaban J connectivity index is 2.34.